The van der Waals surface area contributed by atoms with E-state index in [9.17, 15) is 14.0 Å². The third kappa shape index (κ3) is 4.69. The maximum absolute atomic E-state index is 13.8. The molecule has 1 aliphatic rings. The number of ether oxygens (including phenoxy) is 3. The van der Waals surface area contributed by atoms with Crippen molar-refractivity contribution in [2.75, 3.05) is 13.2 Å². The summed E-state index contributed by atoms with van der Waals surface area (Å²) in [6, 6.07) is -0.741. The van der Waals surface area contributed by atoms with Gasteiger partial charge < -0.3 is 14.2 Å². The molecule has 1 rings (SSSR count). The maximum Gasteiger partial charge on any atom is 0.413 e. The smallest absolute Gasteiger partial charge is 0.413 e. The van der Waals surface area contributed by atoms with Gasteiger partial charge in [0.25, 0.3) is 0 Å². The molecule has 126 valence electrons. The van der Waals surface area contributed by atoms with Gasteiger partial charge in [0, 0.05) is 0 Å². The van der Waals surface area contributed by atoms with Crippen LogP contribution in [0.2, 0.25) is 0 Å². The first-order valence-electron chi connectivity index (χ1n) is 7.18. The SMILES string of the molecule is CCOC(=O)/C(F)=C\[C@H]1COC(C)(C)N1C(=O)OC(C)(C)C. The molecule has 0 aromatic rings. The molecule has 1 atom stereocenters. The lowest BCUT2D eigenvalue weighted by molar-refractivity contribution is -0.140. The van der Waals surface area contributed by atoms with Crippen LogP contribution in [0.1, 0.15) is 41.5 Å². The van der Waals surface area contributed by atoms with Crippen LogP contribution in [0.3, 0.4) is 0 Å². The van der Waals surface area contributed by atoms with Gasteiger partial charge in [-0.05, 0) is 47.6 Å². The number of carbonyl (C=O) groups excluding carboxylic acids is 2. The second-order valence-electron chi connectivity index (χ2n) is 6.41. The summed E-state index contributed by atoms with van der Waals surface area (Å²) in [6.07, 6.45) is 0.393. The highest BCUT2D eigenvalue weighted by molar-refractivity contribution is 5.86. The van der Waals surface area contributed by atoms with Gasteiger partial charge in [0.2, 0.25) is 5.83 Å². The van der Waals surface area contributed by atoms with Crippen molar-refractivity contribution in [2.45, 2.75) is 58.9 Å². The molecule has 0 N–H and O–H groups in total. The summed E-state index contributed by atoms with van der Waals surface area (Å²) in [7, 11) is 0. The highest BCUT2D eigenvalue weighted by Crippen LogP contribution is 2.30. The molecular formula is C15H24FNO5. The van der Waals surface area contributed by atoms with E-state index < -0.39 is 35.3 Å². The molecule has 0 bridgehead atoms. The van der Waals surface area contributed by atoms with E-state index in [0.717, 1.165) is 6.08 Å². The van der Waals surface area contributed by atoms with E-state index in [-0.39, 0.29) is 13.2 Å². The lowest BCUT2D eigenvalue weighted by atomic mass is 10.2. The Morgan fingerprint density at radius 1 is 1.41 bits per heavy atom. The van der Waals surface area contributed by atoms with Gasteiger partial charge in [-0.25, -0.2) is 9.59 Å². The molecule has 1 aliphatic heterocycles. The topological polar surface area (TPSA) is 65.1 Å². The monoisotopic (exact) mass is 317 g/mol. The van der Waals surface area contributed by atoms with Crippen LogP contribution < -0.4 is 0 Å². The Kier molecular flexibility index (Phi) is 5.56. The summed E-state index contributed by atoms with van der Waals surface area (Å²) in [5.41, 5.74) is -1.65. The van der Waals surface area contributed by atoms with E-state index in [1.54, 1.807) is 41.5 Å². The molecule has 0 aromatic carbocycles. The summed E-state index contributed by atoms with van der Waals surface area (Å²) in [6.45, 7) is 10.3. The summed E-state index contributed by atoms with van der Waals surface area (Å²) < 4.78 is 29.2. The minimum Gasteiger partial charge on any atom is -0.461 e. The van der Waals surface area contributed by atoms with Crippen molar-refractivity contribution in [3.8, 4) is 0 Å². The van der Waals surface area contributed by atoms with Gasteiger partial charge in [0.1, 0.15) is 11.3 Å². The van der Waals surface area contributed by atoms with Crippen molar-refractivity contribution in [1.29, 1.82) is 0 Å². The van der Waals surface area contributed by atoms with Crippen LogP contribution in [0, 0.1) is 0 Å². The van der Waals surface area contributed by atoms with Gasteiger partial charge in [0.05, 0.1) is 19.3 Å². The first kappa shape index (κ1) is 18.4. The van der Waals surface area contributed by atoms with Gasteiger partial charge in [0.15, 0.2) is 0 Å². The Morgan fingerprint density at radius 3 is 2.50 bits per heavy atom. The fraction of sp³-hybridized carbons (Fsp3) is 0.733. The third-order valence-corrected chi connectivity index (χ3v) is 2.92. The van der Waals surface area contributed by atoms with Crippen molar-refractivity contribution in [3.05, 3.63) is 11.9 Å². The second-order valence-corrected chi connectivity index (χ2v) is 6.41. The third-order valence-electron chi connectivity index (χ3n) is 2.92. The van der Waals surface area contributed by atoms with Gasteiger partial charge in [-0.1, -0.05) is 0 Å². The van der Waals surface area contributed by atoms with Crippen LogP contribution in [0.5, 0.6) is 0 Å². The zero-order valence-electron chi connectivity index (χ0n) is 13.9. The molecule has 0 radical (unpaired) electrons. The summed E-state index contributed by atoms with van der Waals surface area (Å²) >= 11 is 0. The summed E-state index contributed by atoms with van der Waals surface area (Å²) in [5.74, 6) is -2.11. The van der Waals surface area contributed by atoms with Crippen LogP contribution in [-0.4, -0.2) is 47.5 Å². The van der Waals surface area contributed by atoms with Crippen LogP contribution in [0.15, 0.2) is 11.9 Å². The van der Waals surface area contributed by atoms with Crippen molar-refractivity contribution >= 4 is 12.1 Å². The molecule has 6 nitrogen and oxygen atoms in total. The van der Waals surface area contributed by atoms with Gasteiger partial charge >= 0.3 is 12.1 Å². The molecule has 1 saturated heterocycles. The molecular weight excluding hydrogens is 293 g/mol. The predicted octanol–water partition coefficient (Wildman–Crippen LogP) is 2.77. The average molecular weight is 317 g/mol. The Balaban J connectivity index is 2.97. The minimum atomic E-state index is -1.06. The second kappa shape index (κ2) is 6.64. The van der Waals surface area contributed by atoms with Crippen molar-refractivity contribution in [2.24, 2.45) is 0 Å². The van der Waals surface area contributed by atoms with Gasteiger partial charge in [-0.3, -0.25) is 4.90 Å². The zero-order valence-corrected chi connectivity index (χ0v) is 13.9. The Labute approximate surface area is 130 Å². The van der Waals surface area contributed by atoms with E-state index >= 15 is 0 Å². The van der Waals surface area contributed by atoms with Gasteiger partial charge in [-0.15, -0.1) is 0 Å². The van der Waals surface area contributed by atoms with Crippen LogP contribution >= 0.6 is 0 Å². The Hall–Kier alpha value is -1.63. The highest BCUT2D eigenvalue weighted by Gasteiger charge is 2.45. The number of carbonyl (C=O) groups is 2. The largest absolute Gasteiger partial charge is 0.461 e. The first-order chi connectivity index (χ1) is 9.98. The van der Waals surface area contributed by atoms with Gasteiger partial charge in [-0.2, -0.15) is 4.39 Å². The molecule has 0 spiro atoms. The predicted molar refractivity (Wildman–Crippen MR) is 77.7 cm³/mol. The molecule has 1 heterocycles. The minimum absolute atomic E-state index is 0.0685. The number of halogens is 1. The van der Waals surface area contributed by atoms with Crippen LogP contribution in [0.25, 0.3) is 0 Å². The fourth-order valence-electron chi connectivity index (χ4n) is 2.06. The van der Waals surface area contributed by atoms with E-state index in [1.165, 1.54) is 4.90 Å². The molecule has 1 amide bonds. The Bertz CT molecular complexity index is 467. The standard InChI is InChI=1S/C15H24FNO5/c1-7-20-12(18)11(16)8-10-9-21-15(5,6)17(10)13(19)22-14(2,3)4/h8,10H,7,9H2,1-6H3/b11-8+/t10-/m0/s1. The summed E-state index contributed by atoms with van der Waals surface area (Å²) in [5, 5.41) is 0. The first-order valence-corrected chi connectivity index (χ1v) is 7.18. The highest BCUT2D eigenvalue weighted by atomic mass is 19.1. The average Bonchev–Trinajstić information content (AvgIpc) is 2.62. The van der Waals surface area contributed by atoms with E-state index in [1.807, 2.05) is 0 Å². The molecule has 22 heavy (non-hydrogen) atoms. The van der Waals surface area contributed by atoms with Crippen LogP contribution in [-0.2, 0) is 19.0 Å². The molecule has 0 saturated carbocycles. The summed E-state index contributed by atoms with van der Waals surface area (Å²) in [4.78, 5) is 25.0. The number of hydrogen-bond donors (Lipinski definition) is 0. The van der Waals surface area contributed by atoms with E-state index in [4.69, 9.17) is 9.47 Å². The normalized spacial score (nSPS) is 21.7. The fourth-order valence-corrected chi connectivity index (χ4v) is 2.06. The lowest BCUT2D eigenvalue weighted by Gasteiger charge is -2.34. The van der Waals surface area contributed by atoms with Crippen molar-refractivity contribution < 1.29 is 28.2 Å². The zero-order chi connectivity index (χ0) is 17.1. The quantitative estimate of drug-likeness (QED) is 0.591. The van der Waals surface area contributed by atoms with E-state index in [0.29, 0.717) is 0 Å². The van der Waals surface area contributed by atoms with Crippen LogP contribution in [0.4, 0.5) is 9.18 Å². The number of esters is 1. The van der Waals surface area contributed by atoms with Crippen molar-refractivity contribution in [1.82, 2.24) is 4.90 Å². The molecule has 0 aliphatic carbocycles. The number of rotatable bonds is 3. The van der Waals surface area contributed by atoms with Crippen molar-refractivity contribution in [3.63, 3.8) is 0 Å². The van der Waals surface area contributed by atoms with E-state index in [2.05, 4.69) is 4.74 Å². The Morgan fingerprint density at radius 2 is 2.00 bits per heavy atom. The molecule has 0 unspecified atom stereocenters. The lowest BCUT2D eigenvalue weighted by Crippen LogP contribution is -2.49. The maximum atomic E-state index is 13.8. The molecule has 1 fully saturated rings. The number of amides is 1. The number of hydrogen-bond acceptors (Lipinski definition) is 5. The molecule has 7 heteroatoms. The molecule has 0 aromatic heterocycles. The number of nitrogens with zero attached hydrogens (tertiary/aromatic N) is 1.